The van der Waals surface area contributed by atoms with E-state index in [4.69, 9.17) is 35.9 Å². The Morgan fingerprint density at radius 3 is 2.75 bits per heavy atom. The SMILES string of the molecule is CC(c1cccnc1N)n1cnc2c(N3CC4(C3)SCc3sc(N)c(C#N)c34)nc(OCC3(CN4CCOCC4)CC3)nc21. The first-order valence-electron chi connectivity index (χ1n) is 15.0. The summed E-state index contributed by atoms with van der Waals surface area (Å²) < 4.78 is 13.8. The molecule has 44 heavy (non-hydrogen) atoms. The van der Waals surface area contributed by atoms with Crippen LogP contribution in [0.2, 0.25) is 0 Å². The van der Waals surface area contributed by atoms with E-state index in [1.54, 1.807) is 23.9 Å². The molecular formula is C30H34N10O2S2. The molecule has 3 aliphatic heterocycles. The molecule has 4 aliphatic rings. The van der Waals surface area contributed by atoms with Crippen molar-refractivity contribution in [1.82, 2.24) is 29.4 Å². The number of hydrogen-bond acceptors (Lipinski definition) is 13. The van der Waals surface area contributed by atoms with Crippen LogP contribution in [0.3, 0.4) is 0 Å². The smallest absolute Gasteiger partial charge is 0.320 e. The molecule has 12 nitrogen and oxygen atoms in total. The van der Waals surface area contributed by atoms with Gasteiger partial charge >= 0.3 is 6.01 Å². The minimum absolute atomic E-state index is 0.123. The molecular weight excluding hydrogens is 597 g/mol. The number of nitrogens with two attached hydrogens (primary N) is 2. The fraction of sp³-hybridized carbons (Fsp3) is 0.500. The summed E-state index contributed by atoms with van der Waals surface area (Å²) >= 11 is 3.43. The van der Waals surface area contributed by atoms with Crippen molar-refractivity contribution in [2.45, 2.75) is 36.3 Å². The number of thioether (sulfide) groups is 1. The average Bonchev–Trinajstić information content (AvgIpc) is 3.31. The van der Waals surface area contributed by atoms with E-state index in [0.29, 0.717) is 53.3 Å². The summed E-state index contributed by atoms with van der Waals surface area (Å²) in [5.41, 5.74) is 16.7. The number of imidazole rings is 1. The van der Waals surface area contributed by atoms with E-state index in [9.17, 15) is 5.26 Å². The van der Waals surface area contributed by atoms with Gasteiger partial charge in [-0.1, -0.05) is 6.07 Å². The third kappa shape index (κ3) is 4.56. The topological polar surface area (TPSA) is 157 Å². The second-order valence-corrected chi connectivity index (χ2v) is 14.9. The summed E-state index contributed by atoms with van der Waals surface area (Å²) in [5, 5.41) is 10.5. The Morgan fingerprint density at radius 1 is 1.18 bits per heavy atom. The van der Waals surface area contributed by atoms with Gasteiger partial charge in [0.25, 0.3) is 0 Å². The average molecular weight is 631 g/mol. The number of hydrogen-bond donors (Lipinski definition) is 2. The Balaban J connectivity index is 1.12. The van der Waals surface area contributed by atoms with Crippen molar-refractivity contribution in [2.24, 2.45) is 5.41 Å². The molecule has 1 atom stereocenters. The number of fused-ring (bicyclic) bond motifs is 3. The number of nitriles is 1. The van der Waals surface area contributed by atoms with Crippen LogP contribution >= 0.6 is 23.1 Å². The lowest BCUT2D eigenvalue weighted by atomic mass is 9.88. The van der Waals surface area contributed by atoms with Gasteiger partial charge in [-0.15, -0.1) is 23.1 Å². The van der Waals surface area contributed by atoms with Gasteiger partial charge in [0.2, 0.25) is 0 Å². The van der Waals surface area contributed by atoms with Crippen molar-refractivity contribution in [1.29, 1.82) is 5.26 Å². The number of aromatic nitrogens is 5. The number of pyridine rings is 1. The molecule has 7 heterocycles. The van der Waals surface area contributed by atoms with Crippen LogP contribution in [0.5, 0.6) is 6.01 Å². The number of nitrogens with zero attached hydrogens (tertiary/aromatic N) is 8. The molecule has 0 aromatic carbocycles. The second-order valence-electron chi connectivity index (χ2n) is 12.4. The molecule has 0 radical (unpaired) electrons. The molecule has 4 N–H and O–H groups in total. The van der Waals surface area contributed by atoms with Crippen LogP contribution in [0.4, 0.5) is 16.6 Å². The molecule has 4 aromatic rings. The van der Waals surface area contributed by atoms with Crippen LogP contribution in [0, 0.1) is 16.7 Å². The molecule has 228 valence electrons. The Hall–Kier alpha value is -3.64. The van der Waals surface area contributed by atoms with Crippen LogP contribution in [0.25, 0.3) is 11.2 Å². The van der Waals surface area contributed by atoms with Crippen LogP contribution in [-0.4, -0.2) is 81.9 Å². The van der Waals surface area contributed by atoms with Gasteiger partial charge in [-0.3, -0.25) is 4.90 Å². The van der Waals surface area contributed by atoms with E-state index in [1.165, 1.54) is 4.88 Å². The summed E-state index contributed by atoms with van der Waals surface area (Å²) in [7, 11) is 0. The second kappa shape index (κ2) is 10.5. The molecule has 14 heteroatoms. The third-order valence-electron chi connectivity index (χ3n) is 9.50. The van der Waals surface area contributed by atoms with E-state index in [1.807, 2.05) is 28.5 Å². The Kier molecular flexibility index (Phi) is 6.64. The normalized spacial score (nSPS) is 20.8. The lowest BCUT2D eigenvalue weighted by Gasteiger charge is -2.48. The first kappa shape index (κ1) is 27.9. The highest BCUT2D eigenvalue weighted by atomic mass is 32.2. The molecule has 1 spiro atoms. The van der Waals surface area contributed by atoms with Crippen LogP contribution < -0.4 is 21.1 Å². The van der Waals surface area contributed by atoms with Crippen LogP contribution in [0.1, 0.15) is 47.4 Å². The highest BCUT2D eigenvalue weighted by molar-refractivity contribution is 8.00. The summed E-state index contributed by atoms with van der Waals surface area (Å²) in [5.74, 6) is 2.10. The van der Waals surface area contributed by atoms with Crippen molar-refractivity contribution >= 4 is 50.9 Å². The van der Waals surface area contributed by atoms with E-state index in [2.05, 4.69) is 27.8 Å². The van der Waals surface area contributed by atoms with Gasteiger partial charge in [-0.05, 0) is 25.8 Å². The van der Waals surface area contributed by atoms with E-state index in [0.717, 1.165) is 68.4 Å². The Bertz CT molecular complexity index is 1780. The molecule has 1 saturated carbocycles. The summed E-state index contributed by atoms with van der Waals surface area (Å²) in [6.07, 6.45) is 5.76. The minimum atomic E-state index is -0.178. The number of morpholine rings is 1. The summed E-state index contributed by atoms with van der Waals surface area (Å²) in [6, 6.07) is 6.43. The van der Waals surface area contributed by atoms with E-state index < -0.39 is 0 Å². The first-order valence-corrected chi connectivity index (χ1v) is 16.8. The third-order valence-corrected chi connectivity index (χ3v) is 12.1. The Labute approximate surface area is 263 Å². The lowest BCUT2D eigenvalue weighted by Crippen LogP contribution is -2.57. The zero-order valence-corrected chi connectivity index (χ0v) is 26.2. The molecule has 0 bridgehead atoms. The number of rotatable bonds is 8. The zero-order chi connectivity index (χ0) is 30.1. The largest absolute Gasteiger partial charge is 0.463 e. The number of ether oxygens (including phenoxy) is 2. The van der Waals surface area contributed by atoms with Gasteiger partial charge in [-0.2, -0.15) is 15.2 Å². The maximum absolute atomic E-state index is 9.87. The highest BCUT2D eigenvalue weighted by Gasteiger charge is 2.53. The van der Waals surface area contributed by atoms with Gasteiger partial charge in [0.15, 0.2) is 17.0 Å². The van der Waals surface area contributed by atoms with Crippen LogP contribution in [-0.2, 0) is 15.2 Å². The predicted molar refractivity (Wildman–Crippen MR) is 171 cm³/mol. The van der Waals surface area contributed by atoms with Gasteiger partial charge in [0, 0.05) is 66.1 Å². The molecule has 0 amide bonds. The minimum Gasteiger partial charge on any atom is -0.463 e. The molecule has 4 aromatic heterocycles. The number of anilines is 3. The predicted octanol–water partition coefficient (Wildman–Crippen LogP) is 3.38. The fourth-order valence-corrected chi connectivity index (χ4v) is 9.60. The number of nitrogen functional groups attached to an aromatic ring is 2. The van der Waals surface area contributed by atoms with E-state index in [-0.39, 0.29) is 16.2 Å². The first-order chi connectivity index (χ1) is 21.4. The van der Waals surface area contributed by atoms with Gasteiger partial charge in [0.05, 0.1) is 42.5 Å². The Morgan fingerprint density at radius 2 is 2.00 bits per heavy atom. The van der Waals surface area contributed by atoms with E-state index >= 15 is 0 Å². The van der Waals surface area contributed by atoms with Gasteiger partial charge in [-0.25, -0.2) is 9.97 Å². The molecule has 3 fully saturated rings. The maximum atomic E-state index is 9.87. The van der Waals surface area contributed by atoms with Crippen molar-refractivity contribution in [3.05, 3.63) is 46.2 Å². The molecule has 1 aliphatic carbocycles. The quantitative estimate of drug-likeness (QED) is 0.293. The van der Waals surface area contributed by atoms with Gasteiger partial charge < -0.3 is 30.4 Å². The lowest BCUT2D eigenvalue weighted by molar-refractivity contribution is 0.0231. The fourth-order valence-electron chi connectivity index (χ4n) is 6.80. The van der Waals surface area contributed by atoms with Gasteiger partial charge in [0.1, 0.15) is 16.9 Å². The molecule has 2 saturated heterocycles. The zero-order valence-electron chi connectivity index (χ0n) is 24.5. The summed E-state index contributed by atoms with van der Waals surface area (Å²) in [4.78, 5) is 24.9. The molecule has 1 unspecified atom stereocenters. The number of thiophene rings is 1. The van der Waals surface area contributed by atoms with Crippen molar-refractivity contribution in [2.75, 3.05) is 68.9 Å². The van der Waals surface area contributed by atoms with Crippen molar-refractivity contribution < 1.29 is 9.47 Å². The molecule has 8 rings (SSSR count). The standard InChI is InChI=1S/C30H34N10O2S2/c1-18(19-3-2-6-34-24(19)32)40-17-35-23-26(39-14-30(15-39)22-20(11-31)25(33)44-21(22)12-43-30)36-28(37-27(23)40)42-16-29(4-5-29)13-38-7-9-41-10-8-38/h2-3,6,17-18H,4-5,7-10,12-16,33H2,1H3,(H2,32,34). The monoisotopic (exact) mass is 630 g/mol. The highest BCUT2D eigenvalue weighted by Crippen LogP contribution is 2.58. The maximum Gasteiger partial charge on any atom is 0.320 e. The van der Waals surface area contributed by atoms with Crippen LogP contribution in [0.15, 0.2) is 24.7 Å². The summed E-state index contributed by atoms with van der Waals surface area (Å²) in [6.45, 7) is 8.55. The van der Waals surface area contributed by atoms with Crippen molar-refractivity contribution in [3.63, 3.8) is 0 Å². The van der Waals surface area contributed by atoms with Crippen molar-refractivity contribution in [3.8, 4) is 12.1 Å².